The van der Waals surface area contributed by atoms with E-state index in [4.69, 9.17) is 6.42 Å². The largest absolute Gasteiger partial charge is 0.360 e. The van der Waals surface area contributed by atoms with E-state index in [1.54, 1.807) is 13.2 Å². The minimum absolute atomic E-state index is 0.357. The Kier molecular flexibility index (Phi) is 4.79. The molecule has 0 unspecified atom stereocenters. The topological polar surface area (TPSA) is 109 Å². The Morgan fingerprint density at radius 3 is 2.92 bits per heavy atom. The second-order valence-electron chi connectivity index (χ2n) is 4.41. The summed E-state index contributed by atoms with van der Waals surface area (Å²) in [7, 11) is 1.72. The molecule has 3 rings (SSSR count). The Bertz CT molecular complexity index is 933. The number of H-pyrrole nitrogens is 1. The lowest BCUT2D eigenvalue weighted by Gasteiger charge is -2.08. The number of terminal acetylenes is 1. The van der Waals surface area contributed by atoms with Crippen LogP contribution in [0.5, 0.6) is 0 Å². The zero-order chi connectivity index (χ0) is 16.9. The van der Waals surface area contributed by atoms with Gasteiger partial charge in [0, 0.05) is 13.2 Å². The van der Waals surface area contributed by atoms with Crippen molar-refractivity contribution in [1.29, 1.82) is 5.26 Å². The highest BCUT2D eigenvalue weighted by Crippen LogP contribution is 2.33. The Labute approximate surface area is 146 Å². The van der Waals surface area contributed by atoms with Gasteiger partial charge < -0.3 is 4.98 Å². The third-order valence-electron chi connectivity index (χ3n) is 2.87. The molecular formula is C14H10N8S2. The molecule has 0 amide bonds. The normalized spacial score (nSPS) is 10.3. The first kappa shape index (κ1) is 16.1. The third-order valence-corrected chi connectivity index (χ3v) is 4.64. The van der Waals surface area contributed by atoms with E-state index in [0.29, 0.717) is 32.3 Å². The van der Waals surface area contributed by atoms with Crippen LogP contribution in [0.1, 0.15) is 5.56 Å². The molecule has 3 heterocycles. The van der Waals surface area contributed by atoms with Crippen LogP contribution >= 0.6 is 23.5 Å². The van der Waals surface area contributed by atoms with Gasteiger partial charge in [0.25, 0.3) is 0 Å². The molecule has 3 aromatic heterocycles. The van der Waals surface area contributed by atoms with E-state index in [9.17, 15) is 5.26 Å². The Morgan fingerprint density at radius 2 is 2.29 bits per heavy atom. The summed E-state index contributed by atoms with van der Waals surface area (Å²) >= 11 is 2.53. The van der Waals surface area contributed by atoms with Crippen LogP contribution in [0.2, 0.25) is 0 Å². The van der Waals surface area contributed by atoms with Crippen LogP contribution in [0, 0.1) is 23.7 Å². The number of nitrogens with zero attached hydrogens (tertiary/aromatic N) is 7. The first-order valence-electron chi connectivity index (χ1n) is 6.65. The minimum Gasteiger partial charge on any atom is -0.360 e. The van der Waals surface area contributed by atoms with Gasteiger partial charge in [0.15, 0.2) is 5.16 Å². The maximum absolute atomic E-state index is 9.61. The number of nitrogens with one attached hydrogen (secondary N) is 1. The fourth-order valence-corrected chi connectivity index (χ4v) is 3.21. The van der Waals surface area contributed by atoms with Crippen LogP contribution in [-0.2, 0) is 7.05 Å². The van der Waals surface area contributed by atoms with Crippen molar-refractivity contribution < 1.29 is 0 Å². The molecule has 8 nitrogen and oxygen atoms in total. The molecule has 0 aromatic carbocycles. The molecular weight excluding hydrogens is 344 g/mol. The summed E-state index contributed by atoms with van der Waals surface area (Å²) in [5.41, 5.74) is 1.61. The number of aromatic nitrogens is 7. The number of tetrazole rings is 1. The second kappa shape index (κ2) is 7.17. The molecule has 24 heavy (non-hydrogen) atoms. The second-order valence-corrected chi connectivity index (χ2v) is 6.31. The minimum atomic E-state index is 0.357. The number of hydrogen-bond acceptors (Lipinski definition) is 8. The molecule has 1 N–H and O–H groups in total. The third kappa shape index (κ3) is 3.25. The van der Waals surface area contributed by atoms with Crippen LogP contribution in [-0.4, -0.2) is 40.9 Å². The summed E-state index contributed by atoms with van der Waals surface area (Å²) in [6.45, 7) is 0. The van der Waals surface area contributed by atoms with Crippen molar-refractivity contribution in [2.75, 3.05) is 5.75 Å². The van der Waals surface area contributed by atoms with E-state index in [1.165, 1.54) is 28.2 Å². The molecule has 0 bridgehead atoms. The van der Waals surface area contributed by atoms with E-state index < -0.39 is 0 Å². The molecule has 0 atom stereocenters. The van der Waals surface area contributed by atoms with Gasteiger partial charge in [-0.25, -0.2) is 14.6 Å². The van der Waals surface area contributed by atoms with Crippen molar-refractivity contribution in [2.24, 2.45) is 7.05 Å². The maximum Gasteiger partial charge on any atom is 0.215 e. The summed E-state index contributed by atoms with van der Waals surface area (Å²) in [4.78, 5) is 12.0. The van der Waals surface area contributed by atoms with E-state index in [1.807, 2.05) is 12.1 Å². The summed E-state index contributed by atoms with van der Waals surface area (Å²) in [6.07, 6.45) is 7.08. The van der Waals surface area contributed by atoms with Gasteiger partial charge in [-0.15, -0.1) is 11.5 Å². The number of hydrogen-bond donors (Lipinski definition) is 1. The molecule has 118 valence electrons. The van der Waals surface area contributed by atoms with Crippen LogP contribution < -0.4 is 0 Å². The van der Waals surface area contributed by atoms with Crippen LogP contribution in [0.15, 0.2) is 33.7 Å². The van der Waals surface area contributed by atoms with Crippen molar-refractivity contribution in [3.05, 3.63) is 23.9 Å². The fraction of sp³-hybridized carbons (Fsp3) is 0.143. The smallest absolute Gasteiger partial charge is 0.215 e. The standard InChI is InChI=1S/C14H10N8S2/c1-3-7-23-13-17-11(10-5-4-6-16-10)9(8-15)12(18-13)24-14-19-20-21-22(14)2/h1,4-6,16H,7H2,2H3. The van der Waals surface area contributed by atoms with Crippen LogP contribution in [0.3, 0.4) is 0 Å². The number of nitriles is 1. The quantitative estimate of drug-likeness (QED) is 0.319. The molecule has 0 fully saturated rings. The number of thioether (sulfide) groups is 1. The summed E-state index contributed by atoms with van der Waals surface area (Å²) in [5.74, 6) is 2.98. The summed E-state index contributed by atoms with van der Waals surface area (Å²) in [6, 6.07) is 5.86. The highest BCUT2D eigenvalue weighted by atomic mass is 32.2. The lowest BCUT2D eigenvalue weighted by Crippen LogP contribution is -2.01. The first-order valence-corrected chi connectivity index (χ1v) is 8.45. The van der Waals surface area contributed by atoms with E-state index in [-0.39, 0.29) is 0 Å². The molecule has 0 spiro atoms. The van der Waals surface area contributed by atoms with Gasteiger partial charge in [0.2, 0.25) is 5.16 Å². The maximum atomic E-state index is 9.61. The fourth-order valence-electron chi connectivity index (χ4n) is 1.83. The van der Waals surface area contributed by atoms with Gasteiger partial charge in [-0.3, -0.25) is 0 Å². The molecule has 3 aromatic rings. The molecule has 0 radical (unpaired) electrons. The predicted molar refractivity (Wildman–Crippen MR) is 89.0 cm³/mol. The molecule has 0 saturated heterocycles. The lowest BCUT2D eigenvalue weighted by atomic mass is 10.2. The Hall–Kier alpha value is -2.82. The average molecular weight is 354 g/mol. The van der Waals surface area contributed by atoms with Crippen molar-refractivity contribution in [3.63, 3.8) is 0 Å². The van der Waals surface area contributed by atoms with Crippen molar-refractivity contribution in [2.45, 2.75) is 15.3 Å². The average Bonchev–Trinajstić information content (AvgIpc) is 3.25. The highest BCUT2D eigenvalue weighted by Gasteiger charge is 2.19. The Balaban J connectivity index is 2.11. The molecule has 0 saturated carbocycles. The van der Waals surface area contributed by atoms with E-state index in [0.717, 1.165) is 5.69 Å². The number of aromatic amines is 1. The van der Waals surface area contributed by atoms with Crippen molar-refractivity contribution >= 4 is 23.5 Å². The van der Waals surface area contributed by atoms with Gasteiger partial charge in [-0.2, -0.15) is 5.26 Å². The molecule has 0 aliphatic heterocycles. The highest BCUT2D eigenvalue weighted by molar-refractivity contribution is 7.99. The van der Waals surface area contributed by atoms with Crippen molar-refractivity contribution in [3.8, 4) is 29.8 Å². The van der Waals surface area contributed by atoms with Gasteiger partial charge in [-0.05, 0) is 34.3 Å². The number of rotatable bonds is 5. The zero-order valence-electron chi connectivity index (χ0n) is 12.5. The SMILES string of the molecule is C#CCSc1nc(Sc2nnnn2C)c(C#N)c(-c2ccc[nH]2)n1. The van der Waals surface area contributed by atoms with Gasteiger partial charge in [-0.1, -0.05) is 17.7 Å². The molecule has 0 aliphatic carbocycles. The van der Waals surface area contributed by atoms with Gasteiger partial charge in [0.05, 0.1) is 11.4 Å². The van der Waals surface area contributed by atoms with Crippen LogP contribution in [0.4, 0.5) is 0 Å². The predicted octanol–water partition coefficient (Wildman–Crippen LogP) is 1.74. The van der Waals surface area contributed by atoms with Gasteiger partial charge >= 0.3 is 0 Å². The van der Waals surface area contributed by atoms with E-state index in [2.05, 4.69) is 42.5 Å². The molecule has 0 aliphatic rings. The zero-order valence-corrected chi connectivity index (χ0v) is 14.1. The van der Waals surface area contributed by atoms with E-state index >= 15 is 0 Å². The number of aryl methyl sites for hydroxylation is 1. The first-order chi connectivity index (χ1) is 11.7. The lowest BCUT2D eigenvalue weighted by molar-refractivity contribution is 0.664. The Morgan fingerprint density at radius 1 is 1.42 bits per heavy atom. The van der Waals surface area contributed by atoms with Crippen LogP contribution in [0.25, 0.3) is 11.4 Å². The van der Waals surface area contributed by atoms with Crippen molar-refractivity contribution in [1.82, 2.24) is 35.2 Å². The monoisotopic (exact) mass is 354 g/mol. The summed E-state index contributed by atoms with van der Waals surface area (Å²) < 4.78 is 1.51. The van der Waals surface area contributed by atoms with Gasteiger partial charge in [0.1, 0.15) is 22.4 Å². The summed E-state index contributed by atoms with van der Waals surface area (Å²) in [5, 5.41) is 22.4. The molecule has 10 heteroatoms.